The van der Waals surface area contributed by atoms with Crippen molar-refractivity contribution < 1.29 is 80.2 Å². The van der Waals surface area contributed by atoms with Crippen LogP contribution in [0.4, 0.5) is 0 Å². The fourth-order valence-corrected chi connectivity index (χ4v) is 10.9. The molecule has 0 aliphatic heterocycles. The van der Waals surface area contributed by atoms with Gasteiger partial charge in [0, 0.05) is 25.7 Å². The molecule has 0 radical (unpaired) electrons. The summed E-state index contributed by atoms with van der Waals surface area (Å²) in [6, 6.07) is 0. The van der Waals surface area contributed by atoms with Crippen molar-refractivity contribution in [3.8, 4) is 0 Å². The quantitative estimate of drug-likeness (QED) is 0.0222. The number of phosphoric acid groups is 2. The van der Waals surface area contributed by atoms with Gasteiger partial charge in [0.2, 0.25) is 0 Å². The molecule has 0 aromatic heterocycles. The van der Waals surface area contributed by atoms with Gasteiger partial charge in [-0.3, -0.25) is 37.3 Å². The Kier molecular flexibility index (Phi) is 54.3. The fourth-order valence-electron chi connectivity index (χ4n) is 9.35. The zero-order chi connectivity index (χ0) is 60.8. The van der Waals surface area contributed by atoms with E-state index < -0.39 is 97.5 Å². The lowest BCUT2D eigenvalue weighted by molar-refractivity contribution is -0.161. The van der Waals surface area contributed by atoms with Gasteiger partial charge in [-0.2, -0.15) is 0 Å². The number of ether oxygens (including phenoxy) is 4. The zero-order valence-corrected chi connectivity index (χ0v) is 54.6. The summed E-state index contributed by atoms with van der Waals surface area (Å²) in [4.78, 5) is 72.0. The Bertz CT molecular complexity index is 1620. The van der Waals surface area contributed by atoms with Gasteiger partial charge >= 0.3 is 39.5 Å². The average Bonchev–Trinajstić information content (AvgIpc) is 3.43. The first-order chi connectivity index (χ1) is 39.4. The number of carbonyl (C=O) groups is 4. The second-order valence-electron chi connectivity index (χ2n) is 23.7. The van der Waals surface area contributed by atoms with Crippen LogP contribution >= 0.6 is 15.6 Å². The predicted octanol–water partition coefficient (Wildman–Crippen LogP) is 17.3. The van der Waals surface area contributed by atoms with Gasteiger partial charge in [-0.15, -0.1) is 0 Å². The highest BCUT2D eigenvalue weighted by Gasteiger charge is 2.30. The van der Waals surface area contributed by atoms with E-state index in [-0.39, 0.29) is 25.7 Å². The standard InChI is InChI=1S/C63H122O17P2/c1-7-9-11-13-15-27-33-39-45-60(65)73-51-58(79-62(67)47-41-35-28-16-14-12-10-8-2)53-77-81(69,70)75-49-57(64)50-76-82(71,72)78-54-59(52-74-61(66)46-40-34-29-24-23-26-32-38-44-56(5)6)80-63(68)48-42-36-30-22-20-18-17-19-21-25-31-37-43-55(3)4/h55-59,64H,7-54H2,1-6H3,(H,69,70)(H,71,72)/t57-,58+,59+/m0/s1. The summed E-state index contributed by atoms with van der Waals surface area (Å²) < 4.78 is 67.8. The minimum Gasteiger partial charge on any atom is -0.462 e. The summed E-state index contributed by atoms with van der Waals surface area (Å²) in [5.74, 6) is -0.637. The molecule has 19 heteroatoms. The van der Waals surface area contributed by atoms with Gasteiger partial charge in [-0.1, -0.05) is 260 Å². The van der Waals surface area contributed by atoms with Crippen molar-refractivity contribution in [3.05, 3.63) is 0 Å². The van der Waals surface area contributed by atoms with Crippen LogP contribution in [0.1, 0.15) is 311 Å². The van der Waals surface area contributed by atoms with E-state index in [1.165, 1.54) is 116 Å². The number of unbranched alkanes of at least 4 members (excludes halogenated alkanes) is 32. The second-order valence-corrected chi connectivity index (χ2v) is 26.7. The highest BCUT2D eigenvalue weighted by atomic mass is 31.2. The van der Waals surface area contributed by atoms with Gasteiger partial charge in [-0.05, 0) is 37.5 Å². The SMILES string of the molecule is CCCCCCCCCCC(=O)OC[C@H](COP(=O)(O)OC[C@H](O)COP(=O)(O)OC[C@@H](COC(=O)CCCCCCCCCCC(C)C)OC(=O)CCCCCCCCCCCCCCC(C)C)OC(=O)CCCCCCCCCC. The molecule has 0 spiro atoms. The molecule has 0 saturated heterocycles. The third-order valence-corrected chi connectivity index (χ3v) is 16.4. The smallest absolute Gasteiger partial charge is 0.462 e. The van der Waals surface area contributed by atoms with Crippen molar-refractivity contribution in [1.29, 1.82) is 0 Å². The number of aliphatic hydroxyl groups is 1. The molecule has 0 aromatic rings. The third-order valence-electron chi connectivity index (χ3n) is 14.5. The van der Waals surface area contributed by atoms with Crippen LogP contribution in [-0.2, 0) is 65.4 Å². The average molecular weight is 1210 g/mol. The number of hydrogen-bond acceptors (Lipinski definition) is 15. The summed E-state index contributed by atoms with van der Waals surface area (Å²) >= 11 is 0. The van der Waals surface area contributed by atoms with Crippen molar-refractivity contribution in [3.63, 3.8) is 0 Å². The lowest BCUT2D eigenvalue weighted by atomic mass is 10.0. The van der Waals surface area contributed by atoms with Crippen molar-refractivity contribution >= 4 is 39.5 Å². The maximum absolute atomic E-state index is 13.0. The maximum Gasteiger partial charge on any atom is 0.472 e. The molecule has 0 saturated carbocycles. The van der Waals surface area contributed by atoms with Crippen LogP contribution in [0, 0.1) is 11.8 Å². The molecular weight excluding hydrogens is 1090 g/mol. The Balaban J connectivity index is 5.20. The van der Waals surface area contributed by atoms with Crippen LogP contribution < -0.4 is 0 Å². The van der Waals surface area contributed by atoms with Gasteiger partial charge in [-0.25, -0.2) is 9.13 Å². The first-order valence-corrected chi connectivity index (χ1v) is 36.0. The Labute approximate surface area is 498 Å². The molecule has 0 aromatic carbocycles. The number of aliphatic hydroxyl groups excluding tert-OH is 1. The van der Waals surface area contributed by atoms with Crippen LogP contribution in [0.25, 0.3) is 0 Å². The number of rotatable bonds is 62. The van der Waals surface area contributed by atoms with E-state index in [2.05, 4.69) is 41.5 Å². The van der Waals surface area contributed by atoms with Gasteiger partial charge in [0.15, 0.2) is 12.2 Å². The van der Waals surface area contributed by atoms with Crippen LogP contribution in [0.2, 0.25) is 0 Å². The highest BCUT2D eigenvalue weighted by molar-refractivity contribution is 7.47. The molecule has 0 heterocycles. The van der Waals surface area contributed by atoms with Gasteiger partial charge in [0.25, 0.3) is 0 Å². The number of phosphoric ester groups is 2. The first-order valence-electron chi connectivity index (χ1n) is 33.0. The van der Waals surface area contributed by atoms with E-state index >= 15 is 0 Å². The van der Waals surface area contributed by atoms with Gasteiger partial charge in [0.1, 0.15) is 19.3 Å². The van der Waals surface area contributed by atoms with Crippen LogP contribution in [-0.4, -0.2) is 96.7 Å². The molecule has 82 heavy (non-hydrogen) atoms. The normalized spacial score (nSPS) is 14.3. The van der Waals surface area contributed by atoms with Crippen LogP contribution in [0.5, 0.6) is 0 Å². The summed E-state index contributed by atoms with van der Waals surface area (Å²) in [5.41, 5.74) is 0. The molecule has 486 valence electrons. The zero-order valence-electron chi connectivity index (χ0n) is 52.8. The second kappa shape index (κ2) is 55.6. The molecular formula is C63H122O17P2. The van der Waals surface area contributed by atoms with Crippen molar-refractivity contribution in [2.75, 3.05) is 39.6 Å². The molecule has 0 aliphatic carbocycles. The lowest BCUT2D eigenvalue weighted by Gasteiger charge is -2.21. The Hall–Kier alpha value is -1.94. The molecule has 0 fully saturated rings. The third kappa shape index (κ3) is 57.2. The van der Waals surface area contributed by atoms with E-state index in [0.29, 0.717) is 25.7 Å². The van der Waals surface area contributed by atoms with Crippen LogP contribution in [0.15, 0.2) is 0 Å². The molecule has 0 rings (SSSR count). The lowest BCUT2D eigenvalue weighted by Crippen LogP contribution is -2.30. The minimum absolute atomic E-state index is 0.104. The maximum atomic E-state index is 13.0. The van der Waals surface area contributed by atoms with E-state index in [1.54, 1.807) is 0 Å². The fraction of sp³-hybridized carbons (Fsp3) is 0.937. The largest absolute Gasteiger partial charge is 0.472 e. The molecule has 0 aliphatic rings. The number of hydrogen-bond donors (Lipinski definition) is 3. The van der Waals surface area contributed by atoms with Crippen LogP contribution in [0.3, 0.4) is 0 Å². The Morgan fingerprint density at radius 2 is 0.561 bits per heavy atom. The molecule has 0 bridgehead atoms. The monoisotopic (exact) mass is 1210 g/mol. The van der Waals surface area contributed by atoms with Crippen molar-refractivity contribution in [1.82, 2.24) is 0 Å². The Morgan fingerprint density at radius 3 is 0.829 bits per heavy atom. The summed E-state index contributed by atoms with van der Waals surface area (Å²) in [7, 11) is -9.88. The van der Waals surface area contributed by atoms with E-state index in [9.17, 15) is 43.2 Å². The van der Waals surface area contributed by atoms with E-state index in [0.717, 1.165) is 115 Å². The van der Waals surface area contributed by atoms with Gasteiger partial charge < -0.3 is 33.8 Å². The number of carbonyl (C=O) groups excluding carboxylic acids is 4. The predicted molar refractivity (Wildman–Crippen MR) is 326 cm³/mol. The molecule has 2 unspecified atom stereocenters. The van der Waals surface area contributed by atoms with Crippen molar-refractivity contribution in [2.24, 2.45) is 11.8 Å². The topological polar surface area (TPSA) is 237 Å². The summed E-state index contributed by atoms with van der Waals surface area (Å²) in [6.07, 6.45) is 37.7. The number of esters is 4. The summed E-state index contributed by atoms with van der Waals surface area (Å²) in [6.45, 7) is 9.41. The minimum atomic E-state index is -4.94. The molecule has 5 atom stereocenters. The molecule has 17 nitrogen and oxygen atoms in total. The van der Waals surface area contributed by atoms with E-state index in [1.807, 2.05) is 0 Å². The van der Waals surface area contributed by atoms with Crippen molar-refractivity contribution in [2.45, 2.75) is 330 Å². The van der Waals surface area contributed by atoms with Gasteiger partial charge in [0.05, 0.1) is 26.4 Å². The first kappa shape index (κ1) is 80.1. The molecule has 0 amide bonds. The Morgan fingerprint density at radius 1 is 0.329 bits per heavy atom. The summed E-state index contributed by atoms with van der Waals surface area (Å²) in [5, 5.41) is 10.5. The highest BCUT2D eigenvalue weighted by Crippen LogP contribution is 2.45. The molecule has 3 N–H and O–H groups in total. The van der Waals surface area contributed by atoms with E-state index in [4.69, 9.17) is 37.0 Å².